The molecule has 3 saturated heterocycles. The summed E-state index contributed by atoms with van der Waals surface area (Å²) < 4.78 is 8.06. The second-order valence-electron chi connectivity index (χ2n) is 6.44. The van der Waals surface area contributed by atoms with Crippen LogP contribution >= 0.6 is 0 Å². The lowest BCUT2D eigenvalue weighted by Crippen LogP contribution is -2.24. The van der Waals surface area contributed by atoms with Crippen LogP contribution in [-0.2, 0) is 17.8 Å². The first-order chi connectivity index (χ1) is 9.78. The van der Waals surface area contributed by atoms with Crippen LogP contribution in [-0.4, -0.2) is 34.8 Å². The monoisotopic (exact) mass is 271 g/mol. The van der Waals surface area contributed by atoms with Crippen molar-refractivity contribution < 1.29 is 4.74 Å². The van der Waals surface area contributed by atoms with Gasteiger partial charge in [-0.15, -0.1) is 0 Å². The van der Waals surface area contributed by atoms with E-state index in [4.69, 9.17) is 10.00 Å². The van der Waals surface area contributed by atoms with Gasteiger partial charge in [-0.2, -0.15) is 5.26 Å². The minimum absolute atomic E-state index is 0.532. The number of aromatic nitrogens is 1. The van der Waals surface area contributed by atoms with Gasteiger partial charge in [0.25, 0.3) is 0 Å². The average Bonchev–Trinajstić information content (AvgIpc) is 3.19. The lowest BCUT2D eigenvalue weighted by molar-refractivity contribution is 0.0697. The summed E-state index contributed by atoms with van der Waals surface area (Å²) in [5, 5.41) is 9.13. The smallest absolute Gasteiger partial charge is 0.120 e. The van der Waals surface area contributed by atoms with Gasteiger partial charge in [0.2, 0.25) is 0 Å². The fourth-order valence-electron chi connectivity index (χ4n) is 4.44. The summed E-state index contributed by atoms with van der Waals surface area (Å²) in [6.45, 7) is 6.27. The van der Waals surface area contributed by atoms with E-state index in [-0.39, 0.29) is 0 Å². The van der Waals surface area contributed by atoms with E-state index in [1.807, 2.05) is 10.6 Å². The van der Waals surface area contributed by atoms with Crippen molar-refractivity contribution >= 4 is 0 Å². The van der Waals surface area contributed by atoms with E-state index in [9.17, 15) is 0 Å². The van der Waals surface area contributed by atoms with Crippen LogP contribution in [0.25, 0.3) is 0 Å². The van der Waals surface area contributed by atoms with E-state index >= 15 is 0 Å². The van der Waals surface area contributed by atoms with Gasteiger partial charge in [-0.25, -0.2) is 0 Å². The molecule has 1 aromatic rings. The Kier molecular flexibility index (Phi) is 2.87. The second-order valence-corrected chi connectivity index (χ2v) is 6.44. The number of rotatable bonds is 3. The minimum Gasteiger partial charge on any atom is -0.374 e. The number of fused-ring (bicyclic) bond motifs is 5. The number of hydrogen-bond donors (Lipinski definition) is 0. The summed E-state index contributed by atoms with van der Waals surface area (Å²) in [4.78, 5) is 2.56. The third kappa shape index (κ3) is 1.81. The van der Waals surface area contributed by atoms with Crippen LogP contribution in [0.4, 0.5) is 0 Å². The van der Waals surface area contributed by atoms with Crippen molar-refractivity contribution in [3.05, 3.63) is 23.5 Å². The number of nitrogens with zero attached hydrogens (tertiary/aromatic N) is 3. The molecule has 3 fully saturated rings. The molecule has 3 aliphatic heterocycles. The molecule has 3 aliphatic rings. The zero-order chi connectivity index (χ0) is 13.7. The Bertz CT molecular complexity index is 541. The molecule has 0 N–H and O–H groups in total. The predicted octanol–water partition coefficient (Wildman–Crippen LogP) is 1.99. The highest BCUT2D eigenvalue weighted by atomic mass is 16.5. The van der Waals surface area contributed by atoms with Gasteiger partial charge in [0, 0.05) is 44.2 Å². The number of hydrogen-bond acceptors (Lipinski definition) is 3. The first-order valence-corrected chi connectivity index (χ1v) is 7.75. The Balaban J connectivity index is 1.46. The van der Waals surface area contributed by atoms with Crippen molar-refractivity contribution in [2.24, 2.45) is 11.8 Å². The molecule has 0 radical (unpaired) electrons. The zero-order valence-electron chi connectivity index (χ0n) is 12.0. The molecule has 20 heavy (non-hydrogen) atoms. The molecule has 0 amide bonds. The van der Waals surface area contributed by atoms with Crippen molar-refractivity contribution in [1.29, 1.82) is 5.26 Å². The van der Waals surface area contributed by atoms with Crippen LogP contribution in [0, 0.1) is 23.2 Å². The maximum Gasteiger partial charge on any atom is 0.120 e. The lowest BCUT2D eigenvalue weighted by Gasteiger charge is -2.18. The van der Waals surface area contributed by atoms with Crippen molar-refractivity contribution in [2.45, 2.75) is 45.1 Å². The molecule has 0 aliphatic carbocycles. The first-order valence-electron chi connectivity index (χ1n) is 7.75. The molecule has 1 aromatic heterocycles. The predicted molar refractivity (Wildman–Crippen MR) is 75.0 cm³/mol. The molecule has 0 unspecified atom stereocenters. The van der Waals surface area contributed by atoms with Gasteiger partial charge in [0.1, 0.15) is 11.8 Å². The quantitative estimate of drug-likeness (QED) is 0.844. The molecule has 106 valence electrons. The summed E-state index contributed by atoms with van der Waals surface area (Å²) in [6, 6.07) is 4.32. The molecule has 4 rings (SSSR count). The van der Waals surface area contributed by atoms with Gasteiger partial charge < -0.3 is 9.30 Å². The fourth-order valence-corrected chi connectivity index (χ4v) is 4.44. The van der Waals surface area contributed by atoms with E-state index in [1.54, 1.807) is 0 Å². The number of nitriles is 1. The maximum atomic E-state index is 9.13. The highest BCUT2D eigenvalue weighted by Gasteiger charge is 2.52. The second kappa shape index (κ2) is 4.61. The van der Waals surface area contributed by atoms with Crippen molar-refractivity contribution in [3.8, 4) is 6.07 Å². The maximum absolute atomic E-state index is 9.13. The Morgan fingerprint density at radius 1 is 1.30 bits per heavy atom. The van der Waals surface area contributed by atoms with Gasteiger partial charge in [0.15, 0.2) is 0 Å². The minimum atomic E-state index is 0.532. The van der Waals surface area contributed by atoms with Crippen LogP contribution in [0.15, 0.2) is 12.3 Å². The Labute approximate surface area is 119 Å². The molecule has 4 atom stereocenters. The lowest BCUT2D eigenvalue weighted by atomic mass is 9.82. The van der Waals surface area contributed by atoms with Crippen LogP contribution in [0.1, 0.15) is 31.0 Å². The largest absolute Gasteiger partial charge is 0.374 e. The molecule has 4 nitrogen and oxygen atoms in total. The SMILES string of the molecule is CCn1cc(CN2C[C@@H]3[C@H](C2)[C@H]2CC[C@@H]3O2)cc1C#N. The van der Waals surface area contributed by atoms with Gasteiger partial charge >= 0.3 is 0 Å². The molecular formula is C16H21N3O. The third-order valence-corrected chi connectivity index (χ3v) is 5.34. The van der Waals surface area contributed by atoms with E-state index < -0.39 is 0 Å². The fraction of sp³-hybridized carbons (Fsp3) is 0.688. The van der Waals surface area contributed by atoms with Gasteiger partial charge in [-0.3, -0.25) is 4.90 Å². The number of ether oxygens (including phenoxy) is 1. The topological polar surface area (TPSA) is 41.2 Å². The van der Waals surface area contributed by atoms with E-state index in [0.29, 0.717) is 12.2 Å². The summed E-state index contributed by atoms with van der Waals surface area (Å²) in [5.41, 5.74) is 2.06. The van der Waals surface area contributed by atoms with Gasteiger partial charge in [-0.1, -0.05) is 0 Å². The average molecular weight is 271 g/mol. The highest BCUT2D eigenvalue weighted by Crippen LogP contribution is 2.47. The van der Waals surface area contributed by atoms with Crippen LogP contribution in [0.2, 0.25) is 0 Å². The summed E-state index contributed by atoms with van der Waals surface area (Å²) in [5.74, 6) is 1.52. The van der Waals surface area contributed by atoms with E-state index in [0.717, 1.165) is 30.6 Å². The number of aryl methyl sites for hydroxylation is 1. The van der Waals surface area contributed by atoms with Gasteiger partial charge in [-0.05, 0) is 31.4 Å². The van der Waals surface area contributed by atoms with Crippen molar-refractivity contribution in [2.75, 3.05) is 13.1 Å². The summed E-state index contributed by atoms with van der Waals surface area (Å²) in [7, 11) is 0. The molecule has 4 heteroatoms. The zero-order valence-corrected chi connectivity index (χ0v) is 12.0. The molecule has 0 aromatic carbocycles. The Hall–Kier alpha value is -1.31. The van der Waals surface area contributed by atoms with Crippen LogP contribution in [0.3, 0.4) is 0 Å². The van der Waals surface area contributed by atoms with Crippen LogP contribution < -0.4 is 0 Å². The summed E-state index contributed by atoms with van der Waals surface area (Å²) >= 11 is 0. The molecule has 4 heterocycles. The molecular weight excluding hydrogens is 250 g/mol. The van der Waals surface area contributed by atoms with Gasteiger partial charge in [0.05, 0.1) is 12.2 Å². The Morgan fingerprint density at radius 3 is 2.55 bits per heavy atom. The van der Waals surface area contributed by atoms with E-state index in [2.05, 4.69) is 24.1 Å². The van der Waals surface area contributed by atoms with Crippen LogP contribution in [0.5, 0.6) is 0 Å². The molecule has 2 bridgehead atoms. The standard InChI is InChI=1S/C16H21N3O/c1-2-19-8-11(5-12(19)6-17)7-18-9-13-14(10-18)16-4-3-15(13)20-16/h5,8,13-16H,2-4,7,9-10H2,1H3/t13-,14+,15+,16-. The normalized spacial score (nSPS) is 35.4. The third-order valence-electron chi connectivity index (χ3n) is 5.34. The van der Waals surface area contributed by atoms with Crippen molar-refractivity contribution in [3.63, 3.8) is 0 Å². The molecule has 0 saturated carbocycles. The molecule has 0 spiro atoms. The van der Waals surface area contributed by atoms with E-state index in [1.165, 1.54) is 31.5 Å². The first kappa shape index (κ1) is 12.4. The highest BCUT2D eigenvalue weighted by molar-refractivity contribution is 5.28. The number of likely N-dealkylation sites (tertiary alicyclic amines) is 1. The Morgan fingerprint density at radius 2 is 2.00 bits per heavy atom. The van der Waals surface area contributed by atoms with Crippen molar-refractivity contribution in [1.82, 2.24) is 9.47 Å². The summed E-state index contributed by atoms with van der Waals surface area (Å²) in [6.07, 6.45) is 5.74.